The van der Waals surface area contributed by atoms with Crippen LogP contribution in [0.3, 0.4) is 0 Å². The molecule has 0 N–H and O–H groups in total. The van der Waals surface area contributed by atoms with Crippen LogP contribution in [-0.4, -0.2) is 61.5 Å². The van der Waals surface area contributed by atoms with Crippen molar-refractivity contribution in [2.45, 2.75) is 6.42 Å². The van der Waals surface area contributed by atoms with Crippen LogP contribution in [0.15, 0.2) is 55.1 Å². The van der Waals surface area contributed by atoms with Gasteiger partial charge in [-0.3, -0.25) is 9.59 Å². The molecular weight excluding hydrogens is 404 g/mol. The van der Waals surface area contributed by atoms with E-state index in [0.717, 1.165) is 12.0 Å². The van der Waals surface area contributed by atoms with Crippen molar-refractivity contribution in [1.29, 1.82) is 0 Å². The van der Waals surface area contributed by atoms with Crippen molar-refractivity contribution in [1.82, 2.24) is 9.80 Å². The third kappa shape index (κ3) is 5.33. The first kappa shape index (κ1) is 21.7. The molecule has 3 rings (SSSR count). The maximum atomic E-state index is 12.6. The first-order valence-corrected chi connectivity index (χ1v) is 10.1. The maximum absolute atomic E-state index is 12.6. The number of amides is 2. The molecule has 158 valence electrons. The second kappa shape index (κ2) is 10.2. The minimum absolute atomic E-state index is 0.0561. The van der Waals surface area contributed by atoms with Gasteiger partial charge in [-0.2, -0.15) is 0 Å². The summed E-state index contributed by atoms with van der Waals surface area (Å²) in [5.74, 6) is 0.931. The number of rotatable bonds is 7. The van der Waals surface area contributed by atoms with Gasteiger partial charge in [0.25, 0.3) is 11.8 Å². The lowest BCUT2D eigenvalue weighted by Gasteiger charge is -2.34. The van der Waals surface area contributed by atoms with Crippen molar-refractivity contribution in [2.75, 3.05) is 39.9 Å². The fourth-order valence-electron chi connectivity index (χ4n) is 3.29. The Hall–Kier alpha value is -2.99. The second-order valence-electron chi connectivity index (χ2n) is 6.95. The smallest absolute Gasteiger partial charge is 0.260 e. The third-order valence-electron chi connectivity index (χ3n) is 4.97. The lowest BCUT2D eigenvalue weighted by atomic mass is 10.1. The predicted octanol–water partition coefficient (Wildman–Crippen LogP) is 3.44. The Labute approximate surface area is 181 Å². The van der Waals surface area contributed by atoms with Crippen LogP contribution < -0.4 is 9.47 Å². The van der Waals surface area contributed by atoms with E-state index < -0.39 is 0 Å². The van der Waals surface area contributed by atoms with Crippen LogP contribution in [0.1, 0.15) is 15.9 Å². The van der Waals surface area contributed by atoms with Crippen LogP contribution in [0.25, 0.3) is 0 Å². The number of methoxy groups -OCH3 is 1. The Morgan fingerprint density at radius 3 is 2.33 bits per heavy atom. The van der Waals surface area contributed by atoms with Crippen LogP contribution in [0.2, 0.25) is 5.02 Å². The number of carbonyl (C=O) groups excluding carboxylic acids is 2. The highest BCUT2D eigenvalue weighted by molar-refractivity contribution is 6.30. The number of benzene rings is 2. The van der Waals surface area contributed by atoms with Crippen molar-refractivity contribution in [2.24, 2.45) is 0 Å². The maximum Gasteiger partial charge on any atom is 0.260 e. The molecule has 0 aromatic heterocycles. The molecule has 2 aromatic carbocycles. The van der Waals surface area contributed by atoms with Crippen LogP contribution in [0, 0.1) is 0 Å². The normalized spacial score (nSPS) is 13.7. The quantitative estimate of drug-likeness (QED) is 0.634. The number of nitrogens with zero attached hydrogens (tertiary/aromatic N) is 2. The van der Waals surface area contributed by atoms with Crippen LogP contribution in [0.4, 0.5) is 0 Å². The second-order valence-corrected chi connectivity index (χ2v) is 7.38. The first-order chi connectivity index (χ1) is 14.5. The van der Waals surface area contributed by atoms with Gasteiger partial charge in [0.1, 0.15) is 0 Å². The molecular formula is C23H25ClN2O4. The number of allylic oxidation sites excluding steroid dienone is 1. The van der Waals surface area contributed by atoms with Crippen LogP contribution >= 0.6 is 11.6 Å². The summed E-state index contributed by atoms with van der Waals surface area (Å²) in [6, 6.07) is 12.4. The molecule has 6 nitrogen and oxygen atoms in total. The molecule has 7 heteroatoms. The summed E-state index contributed by atoms with van der Waals surface area (Å²) in [5, 5.41) is 0.592. The summed E-state index contributed by atoms with van der Waals surface area (Å²) in [6.45, 7) is 5.55. The zero-order chi connectivity index (χ0) is 21.5. The number of hydrogen-bond donors (Lipinski definition) is 0. The molecule has 1 aliphatic heterocycles. The fourth-order valence-corrected chi connectivity index (χ4v) is 3.42. The highest BCUT2D eigenvalue weighted by Gasteiger charge is 2.25. The number of hydrogen-bond acceptors (Lipinski definition) is 4. The molecule has 0 bridgehead atoms. The van der Waals surface area contributed by atoms with Crippen LogP contribution in [0.5, 0.6) is 11.5 Å². The zero-order valence-corrected chi connectivity index (χ0v) is 17.7. The Balaban J connectivity index is 1.51. The van der Waals surface area contributed by atoms with Crippen molar-refractivity contribution in [3.63, 3.8) is 0 Å². The molecule has 0 saturated carbocycles. The number of piperazine rings is 1. The van der Waals surface area contributed by atoms with Crippen LogP contribution in [-0.2, 0) is 11.2 Å². The molecule has 1 aliphatic rings. The topological polar surface area (TPSA) is 59.1 Å². The first-order valence-electron chi connectivity index (χ1n) is 9.75. The molecule has 0 aliphatic carbocycles. The number of carbonyl (C=O) groups is 2. The minimum atomic E-state index is -0.120. The summed E-state index contributed by atoms with van der Waals surface area (Å²) < 4.78 is 11.1. The van der Waals surface area contributed by atoms with Crippen molar-refractivity contribution >= 4 is 23.4 Å². The number of halogens is 1. The molecule has 0 spiro atoms. The van der Waals surface area contributed by atoms with Gasteiger partial charge in [-0.15, -0.1) is 6.58 Å². The van der Waals surface area contributed by atoms with Crippen molar-refractivity contribution in [3.8, 4) is 11.5 Å². The van der Waals surface area contributed by atoms with Gasteiger partial charge in [-0.25, -0.2) is 0 Å². The average molecular weight is 429 g/mol. The van der Waals surface area contributed by atoms with E-state index in [1.54, 1.807) is 47.2 Å². The van der Waals surface area contributed by atoms with E-state index in [0.29, 0.717) is 48.3 Å². The molecule has 2 amide bonds. The fraction of sp³-hybridized carbons (Fsp3) is 0.304. The summed E-state index contributed by atoms with van der Waals surface area (Å²) >= 11 is 5.88. The molecule has 0 radical (unpaired) electrons. The zero-order valence-electron chi connectivity index (χ0n) is 17.0. The summed E-state index contributed by atoms with van der Waals surface area (Å²) in [4.78, 5) is 28.6. The molecule has 2 aromatic rings. The number of ether oxygens (including phenoxy) is 2. The minimum Gasteiger partial charge on any atom is -0.493 e. The van der Waals surface area contributed by atoms with E-state index in [1.807, 2.05) is 18.2 Å². The van der Waals surface area contributed by atoms with E-state index in [-0.39, 0.29) is 18.4 Å². The largest absolute Gasteiger partial charge is 0.493 e. The van der Waals surface area contributed by atoms with Gasteiger partial charge in [0.15, 0.2) is 18.1 Å². The SMILES string of the molecule is C=CCc1ccc(OCC(=O)N2CCN(C(=O)c3ccc(Cl)cc3)CC2)c(OC)c1. The van der Waals surface area contributed by atoms with E-state index in [2.05, 4.69) is 6.58 Å². The summed E-state index contributed by atoms with van der Waals surface area (Å²) in [6.07, 6.45) is 2.55. The van der Waals surface area contributed by atoms with Gasteiger partial charge in [-0.05, 0) is 48.4 Å². The van der Waals surface area contributed by atoms with Gasteiger partial charge in [0.05, 0.1) is 7.11 Å². The van der Waals surface area contributed by atoms with Crippen molar-refractivity contribution < 1.29 is 19.1 Å². The van der Waals surface area contributed by atoms with Gasteiger partial charge in [-0.1, -0.05) is 23.7 Å². The Kier molecular flexibility index (Phi) is 7.36. The van der Waals surface area contributed by atoms with E-state index >= 15 is 0 Å². The molecule has 0 atom stereocenters. The summed E-state index contributed by atoms with van der Waals surface area (Å²) in [7, 11) is 1.57. The lowest BCUT2D eigenvalue weighted by molar-refractivity contribution is -0.134. The monoisotopic (exact) mass is 428 g/mol. The van der Waals surface area contributed by atoms with Gasteiger partial charge in [0, 0.05) is 36.8 Å². The van der Waals surface area contributed by atoms with Gasteiger partial charge < -0.3 is 19.3 Å². The standard InChI is InChI=1S/C23H25ClN2O4/c1-3-4-17-5-10-20(21(15-17)29-2)30-16-22(27)25-11-13-26(14-12-25)23(28)18-6-8-19(24)9-7-18/h3,5-10,15H,1,4,11-14,16H2,2H3. The van der Waals surface area contributed by atoms with E-state index in [9.17, 15) is 9.59 Å². The van der Waals surface area contributed by atoms with Gasteiger partial charge in [0.2, 0.25) is 0 Å². The highest BCUT2D eigenvalue weighted by atomic mass is 35.5. The highest BCUT2D eigenvalue weighted by Crippen LogP contribution is 2.28. The molecule has 30 heavy (non-hydrogen) atoms. The lowest BCUT2D eigenvalue weighted by Crippen LogP contribution is -2.51. The molecule has 1 saturated heterocycles. The predicted molar refractivity (Wildman–Crippen MR) is 116 cm³/mol. The Bertz CT molecular complexity index is 906. The Morgan fingerprint density at radius 1 is 1.03 bits per heavy atom. The van der Waals surface area contributed by atoms with Gasteiger partial charge >= 0.3 is 0 Å². The van der Waals surface area contributed by atoms with E-state index in [4.69, 9.17) is 21.1 Å². The molecule has 0 unspecified atom stereocenters. The average Bonchev–Trinajstić information content (AvgIpc) is 2.78. The third-order valence-corrected chi connectivity index (χ3v) is 5.22. The Morgan fingerprint density at radius 2 is 1.70 bits per heavy atom. The summed E-state index contributed by atoms with van der Waals surface area (Å²) in [5.41, 5.74) is 1.65. The van der Waals surface area contributed by atoms with E-state index in [1.165, 1.54) is 0 Å². The molecule has 1 heterocycles. The molecule has 1 fully saturated rings. The van der Waals surface area contributed by atoms with Crippen molar-refractivity contribution in [3.05, 3.63) is 71.3 Å².